The number of oxime groups is 1. The molecule has 6 heteroatoms. The molecule has 1 aromatic heterocycles. The summed E-state index contributed by atoms with van der Waals surface area (Å²) in [5.74, 6) is 0.381. The lowest BCUT2D eigenvalue weighted by Gasteiger charge is -2.06. The maximum atomic E-state index is 8.51. The Labute approximate surface area is 100 Å². The van der Waals surface area contributed by atoms with Crippen LogP contribution < -0.4 is 10.5 Å². The number of hydrogen-bond acceptors (Lipinski definition) is 5. The van der Waals surface area contributed by atoms with Gasteiger partial charge in [-0.3, -0.25) is 0 Å². The van der Waals surface area contributed by atoms with E-state index in [-0.39, 0.29) is 5.84 Å². The molecular weight excluding hydrogens is 222 g/mol. The minimum atomic E-state index is -0.0438. The van der Waals surface area contributed by atoms with E-state index in [1.54, 1.807) is 18.2 Å². The normalized spacial score (nSPS) is 11.5. The Bertz CT molecular complexity index is 369. The van der Waals surface area contributed by atoms with Crippen LogP contribution in [0.25, 0.3) is 0 Å². The molecule has 0 fully saturated rings. The summed E-state index contributed by atoms with van der Waals surface area (Å²) >= 11 is 0. The molecule has 0 atom stereocenters. The number of nitrogens with two attached hydrogens (primary N) is 1. The fourth-order valence-corrected chi connectivity index (χ4v) is 1.14. The fourth-order valence-electron chi connectivity index (χ4n) is 1.14. The van der Waals surface area contributed by atoms with Crippen molar-refractivity contribution >= 4 is 5.84 Å². The van der Waals surface area contributed by atoms with Crippen molar-refractivity contribution in [2.75, 3.05) is 19.8 Å². The first-order valence-corrected chi connectivity index (χ1v) is 5.43. The predicted molar refractivity (Wildman–Crippen MR) is 63.4 cm³/mol. The van der Waals surface area contributed by atoms with Gasteiger partial charge in [-0.05, 0) is 12.5 Å². The minimum absolute atomic E-state index is 0.0438. The molecule has 17 heavy (non-hydrogen) atoms. The average Bonchev–Trinajstić information content (AvgIpc) is 2.38. The summed E-state index contributed by atoms with van der Waals surface area (Å²) in [5.41, 5.74) is 5.79. The van der Waals surface area contributed by atoms with Crippen molar-refractivity contribution in [3.8, 4) is 5.88 Å². The number of aromatic nitrogens is 1. The van der Waals surface area contributed by atoms with Crippen molar-refractivity contribution in [3.63, 3.8) is 0 Å². The Kier molecular flexibility index (Phi) is 5.81. The Morgan fingerprint density at radius 2 is 2.24 bits per heavy atom. The van der Waals surface area contributed by atoms with Crippen LogP contribution >= 0.6 is 0 Å². The fraction of sp³-hybridized carbons (Fsp3) is 0.455. The van der Waals surface area contributed by atoms with Crippen molar-refractivity contribution in [1.29, 1.82) is 0 Å². The van der Waals surface area contributed by atoms with E-state index >= 15 is 0 Å². The molecule has 0 spiro atoms. The van der Waals surface area contributed by atoms with Crippen LogP contribution in [0, 0.1) is 0 Å². The summed E-state index contributed by atoms with van der Waals surface area (Å²) < 4.78 is 10.6. The molecule has 1 heterocycles. The van der Waals surface area contributed by atoms with Gasteiger partial charge in [0.05, 0.1) is 6.61 Å². The number of hydrogen-bond donors (Lipinski definition) is 2. The molecular formula is C11H17N3O3. The maximum Gasteiger partial charge on any atom is 0.213 e. The van der Waals surface area contributed by atoms with E-state index < -0.39 is 0 Å². The topological polar surface area (TPSA) is 90.0 Å². The molecule has 1 rings (SSSR count). The Morgan fingerprint density at radius 1 is 1.41 bits per heavy atom. The third-order valence-corrected chi connectivity index (χ3v) is 1.92. The zero-order chi connectivity index (χ0) is 12.5. The van der Waals surface area contributed by atoms with Crippen LogP contribution in [-0.4, -0.2) is 35.8 Å². The Hall–Kier alpha value is -1.82. The van der Waals surface area contributed by atoms with Crippen molar-refractivity contribution in [1.82, 2.24) is 4.98 Å². The molecule has 0 unspecified atom stereocenters. The molecule has 0 aliphatic heterocycles. The van der Waals surface area contributed by atoms with Gasteiger partial charge in [0.25, 0.3) is 0 Å². The van der Waals surface area contributed by atoms with Gasteiger partial charge in [-0.1, -0.05) is 18.1 Å². The zero-order valence-electron chi connectivity index (χ0n) is 9.80. The van der Waals surface area contributed by atoms with Gasteiger partial charge in [-0.2, -0.15) is 0 Å². The van der Waals surface area contributed by atoms with Crippen LogP contribution in [0.5, 0.6) is 5.88 Å². The zero-order valence-corrected chi connectivity index (χ0v) is 9.80. The van der Waals surface area contributed by atoms with Gasteiger partial charge in [0.1, 0.15) is 12.3 Å². The van der Waals surface area contributed by atoms with E-state index in [1.807, 2.05) is 6.92 Å². The van der Waals surface area contributed by atoms with Crippen LogP contribution in [0.2, 0.25) is 0 Å². The minimum Gasteiger partial charge on any atom is -0.475 e. The molecule has 6 nitrogen and oxygen atoms in total. The first-order chi connectivity index (χ1) is 8.27. The third-order valence-electron chi connectivity index (χ3n) is 1.92. The SMILES string of the molecule is CCCOCCOc1cccc(C(N)=NO)n1. The van der Waals surface area contributed by atoms with Crippen LogP contribution in [0.1, 0.15) is 19.0 Å². The van der Waals surface area contributed by atoms with Crippen molar-refractivity contribution in [2.45, 2.75) is 13.3 Å². The molecule has 0 saturated carbocycles. The van der Waals surface area contributed by atoms with Gasteiger partial charge in [0.15, 0.2) is 5.84 Å². The number of pyridine rings is 1. The Morgan fingerprint density at radius 3 is 2.94 bits per heavy atom. The molecule has 0 bridgehead atoms. The lowest BCUT2D eigenvalue weighted by atomic mass is 10.3. The van der Waals surface area contributed by atoms with E-state index in [0.717, 1.165) is 13.0 Å². The summed E-state index contributed by atoms with van der Waals surface area (Å²) in [4.78, 5) is 4.07. The highest BCUT2D eigenvalue weighted by Gasteiger charge is 2.02. The van der Waals surface area contributed by atoms with Gasteiger partial charge >= 0.3 is 0 Å². The van der Waals surface area contributed by atoms with Gasteiger partial charge in [0.2, 0.25) is 5.88 Å². The van der Waals surface area contributed by atoms with Crippen LogP contribution in [-0.2, 0) is 4.74 Å². The molecule has 0 aromatic carbocycles. The summed E-state index contributed by atoms with van der Waals surface area (Å²) in [5, 5.41) is 11.4. The average molecular weight is 239 g/mol. The first kappa shape index (κ1) is 13.2. The molecule has 0 saturated heterocycles. The highest BCUT2D eigenvalue weighted by Crippen LogP contribution is 2.07. The van der Waals surface area contributed by atoms with Gasteiger partial charge in [-0.15, -0.1) is 0 Å². The van der Waals surface area contributed by atoms with Crippen LogP contribution in [0.15, 0.2) is 23.4 Å². The summed E-state index contributed by atoms with van der Waals surface area (Å²) in [6.45, 7) is 3.71. The van der Waals surface area contributed by atoms with E-state index in [2.05, 4.69) is 10.1 Å². The third kappa shape index (κ3) is 4.69. The second-order valence-corrected chi connectivity index (χ2v) is 3.31. The molecule has 0 radical (unpaired) electrons. The number of rotatable bonds is 7. The largest absolute Gasteiger partial charge is 0.475 e. The molecule has 0 amide bonds. The number of amidine groups is 1. The maximum absolute atomic E-state index is 8.51. The van der Waals surface area contributed by atoms with E-state index in [0.29, 0.717) is 24.8 Å². The predicted octanol–water partition coefficient (Wildman–Crippen LogP) is 0.981. The first-order valence-electron chi connectivity index (χ1n) is 5.43. The standard InChI is InChI=1S/C11H17N3O3/c1-2-6-16-7-8-17-10-5-3-4-9(13-10)11(12)14-15/h3-5,15H,2,6-8H2,1H3,(H2,12,14). The summed E-state index contributed by atoms with van der Waals surface area (Å²) in [7, 11) is 0. The monoisotopic (exact) mass is 239 g/mol. The highest BCUT2D eigenvalue weighted by atomic mass is 16.5. The van der Waals surface area contributed by atoms with Gasteiger partial charge in [0, 0.05) is 12.7 Å². The van der Waals surface area contributed by atoms with Crippen molar-refractivity contribution in [2.24, 2.45) is 10.9 Å². The molecule has 1 aromatic rings. The summed E-state index contributed by atoms with van der Waals surface area (Å²) in [6.07, 6.45) is 0.983. The van der Waals surface area contributed by atoms with Crippen molar-refractivity contribution < 1.29 is 14.7 Å². The van der Waals surface area contributed by atoms with E-state index in [9.17, 15) is 0 Å². The molecule has 94 valence electrons. The van der Waals surface area contributed by atoms with Crippen LogP contribution in [0.4, 0.5) is 0 Å². The summed E-state index contributed by atoms with van der Waals surface area (Å²) in [6, 6.07) is 5.06. The molecule has 3 N–H and O–H groups in total. The lowest BCUT2D eigenvalue weighted by Crippen LogP contribution is -2.15. The van der Waals surface area contributed by atoms with Gasteiger partial charge in [-0.25, -0.2) is 4.98 Å². The van der Waals surface area contributed by atoms with Crippen LogP contribution in [0.3, 0.4) is 0 Å². The van der Waals surface area contributed by atoms with Gasteiger partial charge < -0.3 is 20.4 Å². The lowest BCUT2D eigenvalue weighted by molar-refractivity contribution is 0.0990. The van der Waals surface area contributed by atoms with E-state index in [4.69, 9.17) is 20.4 Å². The second-order valence-electron chi connectivity index (χ2n) is 3.31. The highest BCUT2D eigenvalue weighted by molar-refractivity contribution is 5.95. The molecule has 0 aliphatic carbocycles. The number of nitrogens with zero attached hydrogens (tertiary/aromatic N) is 2. The smallest absolute Gasteiger partial charge is 0.213 e. The molecule has 0 aliphatic rings. The number of ether oxygens (including phenoxy) is 2. The quantitative estimate of drug-likeness (QED) is 0.243. The van der Waals surface area contributed by atoms with E-state index in [1.165, 1.54) is 0 Å². The Balaban J connectivity index is 2.43. The second kappa shape index (κ2) is 7.45. The van der Waals surface area contributed by atoms with Crippen molar-refractivity contribution in [3.05, 3.63) is 23.9 Å².